The lowest BCUT2D eigenvalue weighted by Gasteiger charge is -2.19. The molecule has 1 atom stereocenters. The highest BCUT2D eigenvalue weighted by molar-refractivity contribution is 4.79. The SMILES string of the molecule is C1CNC(CN2CCCC2)C1.CCCC. The van der Waals surface area contributed by atoms with Crippen LogP contribution in [0.4, 0.5) is 0 Å². The zero-order chi connectivity index (χ0) is 10.9. The number of unbranched alkanes of at least 4 members (excludes halogenated alkanes) is 1. The van der Waals surface area contributed by atoms with Gasteiger partial charge < -0.3 is 10.2 Å². The summed E-state index contributed by atoms with van der Waals surface area (Å²) in [5.74, 6) is 0. The Morgan fingerprint density at radius 2 is 1.73 bits per heavy atom. The molecule has 90 valence electrons. The van der Waals surface area contributed by atoms with Crippen molar-refractivity contribution in [2.24, 2.45) is 0 Å². The van der Waals surface area contributed by atoms with Crippen molar-refractivity contribution >= 4 is 0 Å². The van der Waals surface area contributed by atoms with Crippen molar-refractivity contribution in [2.45, 2.75) is 58.4 Å². The van der Waals surface area contributed by atoms with Gasteiger partial charge in [0, 0.05) is 12.6 Å². The van der Waals surface area contributed by atoms with Crippen LogP contribution in [0, 0.1) is 0 Å². The van der Waals surface area contributed by atoms with Gasteiger partial charge in [0.25, 0.3) is 0 Å². The first-order chi connectivity index (χ1) is 7.36. The van der Waals surface area contributed by atoms with Gasteiger partial charge in [0.2, 0.25) is 0 Å². The normalized spacial score (nSPS) is 26.4. The van der Waals surface area contributed by atoms with Crippen LogP contribution in [0.3, 0.4) is 0 Å². The molecule has 2 aliphatic heterocycles. The molecule has 0 aromatic rings. The minimum absolute atomic E-state index is 0.813. The van der Waals surface area contributed by atoms with Gasteiger partial charge in [-0.3, -0.25) is 0 Å². The molecule has 15 heavy (non-hydrogen) atoms. The Morgan fingerprint density at radius 1 is 1.07 bits per heavy atom. The smallest absolute Gasteiger partial charge is 0.0195 e. The molecular formula is C13H28N2. The van der Waals surface area contributed by atoms with E-state index in [1.165, 1.54) is 64.7 Å². The first-order valence-electron chi connectivity index (χ1n) is 6.82. The first-order valence-corrected chi connectivity index (χ1v) is 6.82. The van der Waals surface area contributed by atoms with Crippen molar-refractivity contribution in [1.29, 1.82) is 0 Å². The first kappa shape index (κ1) is 13.0. The van der Waals surface area contributed by atoms with E-state index in [9.17, 15) is 0 Å². The molecule has 1 unspecified atom stereocenters. The predicted octanol–water partition coefficient (Wildman–Crippen LogP) is 2.64. The average molecular weight is 212 g/mol. The maximum absolute atomic E-state index is 3.54. The zero-order valence-corrected chi connectivity index (χ0v) is 10.6. The van der Waals surface area contributed by atoms with Crippen LogP contribution in [-0.4, -0.2) is 37.1 Å². The number of likely N-dealkylation sites (tertiary alicyclic amines) is 1. The molecular weight excluding hydrogens is 184 g/mol. The van der Waals surface area contributed by atoms with Crippen LogP contribution in [-0.2, 0) is 0 Å². The molecule has 2 fully saturated rings. The predicted molar refractivity (Wildman–Crippen MR) is 67.3 cm³/mol. The van der Waals surface area contributed by atoms with Gasteiger partial charge in [-0.2, -0.15) is 0 Å². The van der Waals surface area contributed by atoms with Gasteiger partial charge >= 0.3 is 0 Å². The minimum Gasteiger partial charge on any atom is -0.313 e. The molecule has 2 saturated heterocycles. The van der Waals surface area contributed by atoms with E-state index in [-0.39, 0.29) is 0 Å². The van der Waals surface area contributed by atoms with Crippen LogP contribution < -0.4 is 5.32 Å². The molecule has 0 spiro atoms. The van der Waals surface area contributed by atoms with Gasteiger partial charge in [0.05, 0.1) is 0 Å². The third-order valence-electron chi connectivity index (χ3n) is 3.34. The Morgan fingerprint density at radius 3 is 2.20 bits per heavy atom. The molecule has 0 aliphatic carbocycles. The monoisotopic (exact) mass is 212 g/mol. The summed E-state index contributed by atoms with van der Waals surface area (Å²) >= 11 is 0. The molecule has 0 bridgehead atoms. The summed E-state index contributed by atoms with van der Waals surface area (Å²) in [6.45, 7) is 9.61. The second-order valence-corrected chi connectivity index (χ2v) is 4.80. The van der Waals surface area contributed by atoms with E-state index >= 15 is 0 Å². The van der Waals surface area contributed by atoms with Crippen LogP contribution in [0.15, 0.2) is 0 Å². The molecule has 0 aromatic carbocycles. The lowest BCUT2D eigenvalue weighted by Crippen LogP contribution is -2.35. The highest BCUT2D eigenvalue weighted by Crippen LogP contribution is 2.11. The maximum atomic E-state index is 3.54. The molecule has 2 nitrogen and oxygen atoms in total. The van der Waals surface area contributed by atoms with E-state index in [0.717, 1.165) is 6.04 Å². The summed E-state index contributed by atoms with van der Waals surface area (Å²) in [5, 5.41) is 3.54. The van der Waals surface area contributed by atoms with Gasteiger partial charge in [0.15, 0.2) is 0 Å². The fraction of sp³-hybridized carbons (Fsp3) is 1.00. The molecule has 2 heterocycles. The number of rotatable bonds is 3. The quantitative estimate of drug-likeness (QED) is 0.773. The number of hydrogen-bond donors (Lipinski definition) is 1. The van der Waals surface area contributed by atoms with Crippen molar-refractivity contribution in [3.63, 3.8) is 0 Å². The van der Waals surface area contributed by atoms with Crippen molar-refractivity contribution in [1.82, 2.24) is 10.2 Å². The van der Waals surface area contributed by atoms with Gasteiger partial charge in [0.1, 0.15) is 0 Å². The summed E-state index contributed by atoms with van der Waals surface area (Å²) in [6.07, 6.45) is 8.27. The summed E-state index contributed by atoms with van der Waals surface area (Å²) < 4.78 is 0. The fourth-order valence-corrected chi connectivity index (χ4v) is 2.19. The van der Waals surface area contributed by atoms with E-state index in [2.05, 4.69) is 24.1 Å². The third kappa shape index (κ3) is 5.53. The van der Waals surface area contributed by atoms with Crippen molar-refractivity contribution in [3.8, 4) is 0 Å². The summed E-state index contributed by atoms with van der Waals surface area (Å²) in [7, 11) is 0. The molecule has 2 aliphatic rings. The summed E-state index contributed by atoms with van der Waals surface area (Å²) in [4.78, 5) is 2.60. The highest BCUT2D eigenvalue weighted by atomic mass is 15.2. The van der Waals surface area contributed by atoms with Crippen molar-refractivity contribution < 1.29 is 0 Å². The Hall–Kier alpha value is -0.0800. The number of nitrogens with one attached hydrogen (secondary N) is 1. The standard InChI is InChI=1S/C9H18N2.C4H10/c1-2-7-11(6-1)8-9-4-3-5-10-9;1-3-4-2/h9-10H,1-8H2;3-4H2,1-2H3. The molecule has 2 rings (SSSR count). The zero-order valence-electron chi connectivity index (χ0n) is 10.6. The van der Waals surface area contributed by atoms with Crippen LogP contribution in [0.25, 0.3) is 0 Å². The maximum Gasteiger partial charge on any atom is 0.0195 e. The Labute approximate surface area is 95.4 Å². The molecule has 1 N–H and O–H groups in total. The van der Waals surface area contributed by atoms with Crippen LogP contribution in [0.2, 0.25) is 0 Å². The fourth-order valence-electron chi connectivity index (χ4n) is 2.19. The van der Waals surface area contributed by atoms with Crippen LogP contribution in [0.1, 0.15) is 52.4 Å². The number of nitrogens with zero attached hydrogens (tertiary/aromatic N) is 1. The van der Waals surface area contributed by atoms with E-state index < -0.39 is 0 Å². The topological polar surface area (TPSA) is 15.3 Å². The largest absolute Gasteiger partial charge is 0.313 e. The van der Waals surface area contributed by atoms with E-state index in [4.69, 9.17) is 0 Å². The lowest BCUT2D eigenvalue weighted by atomic mass is 10.2. The van der Waals surface area contributed by atoms with Crippen molar-refractivity contribution in [3.05, 3.63) is 0 Å². The van der Waals surface area contributed by atoms with Gasteiger partial charge in [-0.15, -0.1) is 0 Å². The van der Waals surface area contributed by atoms with E-state index in [1.807, 2.05) is 0 Å². The Kier molecular flexibility index (Phi) is 7.03. The van der Waals surface area contributed by atoms with Crippen LogP contribution in [0.5, 0.6) is 0 Å². The summed E-state index contributed by atoms with van der Waals surface area (Å²) in [5.41, 5.74) is 0. The number of hydrogen-bond acceptors (Lipinski definition) is 2. The van der Waals surface area contributed by atoms with Crippen LogP contribution >= 0.6 is 0 Å². The second kappa shape index (κ2) is 8.12. The molecule has 0 saturated carbocycles. The van der Waals surface area contributed by atoms with E-state index in [0.29, 0.717) is 0 Å². The lowest BCUT2D eigenvalue weighted by molar-refractivity contribution is 0.303. The average Bonchev–Trinajstić information content (AvgIpc) is 2.92. The van der Waals surface area contributed by atoms with Crippen molar-refractivity contribution in [2.75, 3.05) is 26.2 Å². The third-order valence-corrected chi connectivity index (χ3v) is 3.34. The highest BCUT2D eigenvalue weighted by Gasteiger charge is 2.19. The van der Waals surface area contributed by atoms with E-state index in [1.54, 1.807) is 0 Å². The molecule has 2 heteroatoms. The molecule has 0 amide bonds. The second-order valence-electron chi connectivity index (χ2n) is 4.80. The summed E-state index contributed by atoms with van der Waals surface area (Å²) in [6, 6.07) is 0.813. The molecule has 0 radical (unpaired) electrons. The van der Waals surface area contributed by atoms with Gasteiger partial charge in [-0.1, -0.05) is 26.7 Å². The van der Waals surface area contributed by atoms with Gasteiger partial charge in [-0.25, -0.2) is 0 Å². The Bertz CT molecular complexity index is 119. The Balaban J connectivity index is 0.000000245. The minimum atomic E-state index is 0.813. The van der Waals surface area contributed by atoms with Gasteiger partial charge in [-0.05, 0) is 45.3 Å². The molecule has 0 aromatic heterocycles.